The molecule has 0 radical (unpaired) electrons. The van der Waals surface area contributed by atoms with Crippen LogP contribution >= 0.6 is 15.9 Å². The molecule has 0 atom stereocenters. The number of esters is 1. The van der Waals surface area contributed by atoms with Gasteiger partial charge in [0.2, 0.25) is 0 Å². The van der Waals surface area contributed by atoms with Crippen LogP contribution in [0, 0.1) is 0 Å². The highest BCUT2D eigenvalue weighted by molar-refractivity contribution is 9.08. The Morgan fingerprint density at radius 2 is 2.06 bits per heavy atom. The van der Waals surface area contributed by atoms with Gasteiger partial charge in [0, 0.05) is 11.8 Å². The Labute approximate surface area is 103 Å². The van der Waals surface area contributed by atoms with Crippen LogP contribution in [0.25, 0.3) is 0 Å². The van der Waals surface area contributed by atoms with Gasteiger partial charge in [-0.15, -0.1) is 0 Å². The Balaban J connectivity index is 3.15. The average Bonchev–Trinajstić information content (AvgIpc) is 2.28. The van der Waals surface area contributed by atoms with Crippen LogP contribution in [0.5, 0.6) is 0 Å². The molecule has 0 saturated carbocycles. The van der Waals surface area contributed by atoms with Crippen molar-refractivity contribution in [1.29, 1.82) is 0 Å². The molecular weight excluding hydrogens is 272 g/mol. The van der Waals surface area contributed by atoms with Gasteiger partial charge in [0.05, 0.1) is 12.7 Å². The van der Waals surface area contributed by atoms with Gasteiger partial charge >= 0.3 is 5.97 Å². The van der Waals surface area contributed by atoms with Crippen LogP contribution in [0.15, 0.2) is 18.2 Å². The first-order valence-corrected chi connectivity index (χ1v) is 5.96. The van der Waals surface area contributed by atoms with Crippen LogP contribution in [0.1, 0.15) is 28.4 Å². The minimum atomic E-state index is -0.404. The number of Topliss-reactive ketones (excluding diaryl/α,β-unsaturated/α-hetero) is 1. The molecule has 4 heteroatoms. The fraction of sp³-hybridized carbons (Fsp3) is 0.333. The summed E-state index contributed by atoms with van der Waals surface area (Å²) in [6.45, 7) is 1.50. The molecule has 0 saturated heterocycles. The number of methoxy groups -OCH3 is 1. The summed E-state index contributed by atoms with van der Waals surface area (Å²) < 4.78 is 4.69. The topological polar surface area (TPSA) is 43.4 Å². The number of carbonyl (C=O) groups is 2. The van der Waals surface area contributed by atoms with Gasteiger partial charge in [-0.1, -0.05) is 28.1 Å². The Bertz CT molecular complexity index is 413. The van der Waals surface area contributed by atoms with E-state index in [9.17, 15) is 9.59 Å². The second kappa shape index (κ2) is 5.80. The Kier molecular flexibility index (Phi) is 4.68. The molecule has 0 aliphatic heterocycles. The van der Waals surface area contributed by atoms with Gasteiger partial charge in [-0.3, -0.25) is 4.79 Å². The van der Waals surface area contributed by atoms with E-state index in [1.54, 1.807) is 12.1 Å². The van der Waals surface area contributed by atoms with E-state index in [0.29, 0.717) is 16.5 Å². The molecule has 0 aliphatic carbocycles. The van der Waals surface area contributed by atoms with Gasteiger partial charge < -0.3 is 4.74 Å². The number of halogens is 1. The smallest absolute Gasteiger partial charge is 0.338 e. The third-order valence-corrected chi connectivity index (χ3v) is 2.82. The third-order valence-electron chi connectivity index (χ3n) is 2.17. The van der Waals surface area contributed by atoms with Crippen molar-refractivity contribution < 1.29 is 14.3 Å². The van der Waals surface area contributed by atoms with E-state index in [1.807, 2.05) is 6.07 Å². The zero-order valence-corrected chi connectivity index (χ0v) is 10.8. The summed E-state index contributed by atoms with van der Waals surface area (Å²) in [4.78, 5) is 22.6. The Morgan fingerprint density at radius 3 is 2.56 bits per heavy atom. The molecule has 0 N–H and O–H groups in total. The Morgan fingerprint density at radius 1 is 1.38 bits per heavy atom. The Hall–Kier alpha value is -1.16. The summed E-state index contributed by atoms with van der Waals surface area (Å²) in [6.07, 6.45) is 0.257. The summed E-state index contributed by atoms with van der Waals surface area (Å²) in [5, 5.41) is 0.664. The molecule has 0 spiro atoms. The average molecular weight is 285 g/mol. The summed E-state index contributed by atoms with van der Waals surface area (Å²) in [5.74, 6) is -0.379. The highest BCUT2D eigenvalue weighted by atomic mass is 79.9. The van der Waals surface area contributed by atoms with Crippen molar-refractivity contribution >= 4 is 27.7 Å². The predicted octanol–water partition coefficient (Wildman–Crippen LogP) is 2.50. The van der Waals surface area contributed by atoms with Gasteiger partial charge in [0.25, 0.3) is 0 Å². The van der Waals surface area contributed by atoms with Crippen molar-refractivity contribution in [2.45, 2.75) is 18.7 Å². The van der Waals surface area contributed by atoms with Crippen LogP contribution in [0.2, 0.25) is 0 Å². The maximum atomic E-state index is 11.5. The van der Waals surface area contributed by atoms with Crippen LogP contribution < -0.4 is 0 Å². The van der Waals surface area contributed by atoms with Crippen LogP contribution in [-0.2, 0) is 21.3 Å². The number of alkyl halides is 1. The van der Waals surface area contributed by atoms with E-state index in [4.69, 9.17) is 4.74 Å². The molecule has 0 unspecified atom stereocenters. The van der Waals surface area contributed by atoms with E-state index >= 15 is 0 Å². The van der Waals surface area contributed by atoms with Gasteiger partial charge in [0.15, 0.2) is 0 Å². The molecule has 1 rings (SSSR count). The van der Waals surface area contributed by atoms with Gasteiger partial charge in [-0.2, -0.15) is 0 Å². The molecular formula is C12H13BrO3. The first-order chi connectivity index (χ1) is 7.58. The third kappa shape index (κ3) is 3.17. The summed E-state index contributed by atoms with van der Waals surface area (Å²) in [6, 6.07) is 5.43. The van der Waals surface area contributed by atoms with Crippen molar-refractivity contribution in [3.63, 3.8) is 0 Å². The van der Waals surface area contributed by atoms with Crippen molar-refractivity contribution in [1.82, 2.24) is 0 Å². The van der Waals surface area contributed by atoms with E-state index in [1.165, 1.54) is 14.0 Å². The first-order valence-electron chi connectivity index (χ1n) is 4.84. The molecule has 0 amide bonds. The van der Waals surface area contributed by atoms with Gasteiger partial charge in [0.1, 0.15) is 5.78 Å². The van der Waals surface area contributed by atoms with E-state index in [-0.39, 0.29) is 12.2 Å². The zero-order valence-electron chi connectivity index (χ0n) is 9.25. The lowest BCUT2D eigenvalue weighted by molar-refractivity contribution is -0.116. The molecule has 16 heavy (non-hydrogen) atoms. The molecule has 3 nitrogen and oxygen atoms in total. The number of hydrogen-bond donors (Lipinski definition) is 0. The second-order valence-corrected chi connectivity index (χ2v) is 4.06. The number of carbonyl (C=O) groups excluding carboxylic acids is 2. The fourth-order valence-corrected chi connectivity index (χ4v) is 1.78. The lowest BCUT2D eigenvalue weighted by Crippen LogP contribution is -2.09. The molecule has 1 aromatic carbocycles. The van der Waals surface area contributed by atoms with E-state index in [0.717, 1.165) is 5.56 Å². The summed E-state index contributed by atoms with van der Waals surface area (Å²) in [5.41, 5.74) is 2.16. The predicted molar refractivity (Wildman–Crippen MR) is 64.8 cm³/mol. The van der Waals surface area contributed by atoms with Gasteiger partial charge in [-0.05, 0) is 24.1 Å². The number of ether oxygens (including phenoxy) is 1. The maximum Gasteiger partial charge on any atom is 0.338 e. The fourth-order valence-electron chi connectivity index (χ4n) is 1.43. The molecule has 1 aromatic rings. The monoisotopic (exact) mass is 284 g/mol. The van der Waals surface area contributed by atoms with Crippen LogP contribution in [0.3, 0.4) is 0 Å². The lowest BCUT2D eigenvalue weighted by Gasteiger charge is -2.08. The molecule has 0 fully saturated rings. The molecule has 0 aromatic heterocycles. The molecule has 0 heterocycles. The lowest BCUT2D eigenvalue weighted by atomic mass is 10.0. The standard InChI is InChI=1S/C12H13BrO3/c1-8(14)5-10-4-3-9(7-13)6-11(10)12(15)16-2/h3-4,6H,5,7H2,1-2H3. The second-order valence-electron chi connectivity index (χ2n) is 3.50. The van der Waals surface area contributed by atoms with Crippen molar-refractivity contribution in [3.05, 3.63) is 34.9 Å². The quantitative estimate of drug-likeness (QED) is 0.630. The molecule has 86 valence electrons. The van der Waals surface area contributed by atoms with Gasteiger partial charge in [-0.25, -0.2) is 4.79 Å². The maximum absolute atomic E-state index is 11.5. The minimum absolute atomic E-state index is 0.0248. The largest absolute Gasteiger partial charge is 0.465 e. The summed E-state index contributed by atoms with van der Waals surface area (Å²) >= 11 is 3.32. The number of ketones is 1. The SMILES string of the molecule is COC(=O)c1cc(CBr)ccc1CC(C)=O. The zero-order chi connectivity index (χ0) is 12.1. The number of benzene rings is 1. The van der Waals surface area contributed by atoms with Crippen molar-refractivity contribution in [2.24, 2.45) is 0 Å². The van der Waals surface area contributed by atoms with E-state index < -0.39 is 5.97 Å². The minimum Gasteiger partial charge on any atom is -0.465 e. The normalized spacial score (nSPS) is 9.94. The van der Waals surface area contributed by atoms with Crippen molar-refractivity contribution in [2.75, 3.05) is 7.11 Å². The van der Waals surface area contributed by atoms with Crippen LogP contribution in [0.4, 0.5) is 0 Å². The summed E-state index contributed by atoms with van der Waals surface area (Å²) in [7, 11) is 1.33. The van der Waals surface area contributed by atoms with Crippen molar-refractivity contribution in [3.8, 4) is 0 Å². The highest BCUT2D eigenvalue weighted by Crippen LogP contribution is 2.16. The molecule has 0 bridgehead atoms. The number of rotatable bonds is 4. The van der Waals surface area contributed by atoms with Crippen LogP contribution in [-0.4, -0.2) is 18.9 Å². The highest BCUT2D eigenvalue weighted by Gasteiger charge is 2.13. The first kappa shape index (κ1) is 12.9. The number of hydrogen-bond acceptors (Lipinski definition) is 3. The molecule has 0 aliphatic rings. The van der Waals surface area contributed by atoms with E-state index in [2.05, 4.69) is 15.9 Å².